The van der Waals surface area contributed by atoms with Gasteiger partial charge in [-0.05, 0) is 38.2 Å². The molecule has 1 N–H and O–H groups in total. The summed E-state index contributed by atoms with van der Waals surface area (Å²) in [5, 5.41) is 7.43. The molecule has 6 heteroatoms. The van der Waals surface area contributed by atoms with Crippen LogP contribution in [0.2, 0.25) is 0 Å². The molecule has 0 aliphatic carbocycles. The zero-order valence-corrected chi connectivity index (χ0v) is 17.0. The van der Waals surface area contributed by atoms with Gasteiger partial charge in [0.15, 0.2) is 0 Å². The summed E-state index contributed by atoms with van der Waals surface area (Å²) >= 11 is 0. The van der Waals surface area contributed by atoms with Gasteiger partial charge in [-0.3, -0.25) is 14.3 Å². The molecule has 3 rings (SSSR count). The van der Waals surface area contributed by atoms with Crippen LogP contribution < -0.4 is 5.32 Å². The maximum Gasteiger partial charge on any atom is 0.226 e. The predicted molar refractivity (Wildman–Crippen MR) is 109 cm³/mol. The van der Waals surface area contributed by atoms with E-state index in [-0.39, 0.29) is 17.9 Å². The minimum absolute atomic E-state index is 0.0475. The highest BCUT2D eigenvalue weighted by Crippen LogP contribution is 2.22. The van der Waals surface area contributed by atoms with E-state index in [4.69, 9.17) is 0 Å². The van der Waals surface area contributed by atoms with E-state index in [0.717, 1.165) is 42.8 Å². The molecule has 0 unspecified atom stereocenters. The summed E-state index contributed by atoms with van der Waals surface area (Å²) in [5.74, 6) is 0.586. The number of piperidine rings is 1. The first kappa shape index (κ1) is 20.1. The normalized spacial score (nSPS) is 16.0. The van der Waals surface area contributed by atoms with Crippen molar-refractivity contribution in [3.63, 3.8) is 0 Å². The van der Waals surface area contributed by atoms with Crippen molar-refractivity contribution < 1.29 is 9.59 Å². The second-order valence-corrected chi connectivity index (χ2v) is 7.82. The lowest BCUT2D eigenvalue weighted by molar-refractivity contribution is -0.132. The number of likely N-dealkylation sites (tertiary alicyclic amines) is 1. The Hall–Kier alpha value is -2.63. The van der Waals surface area contributed by atoms with Gasteiger partial charge in [0.2, 0.25) is 11.8 Å². The van der Waals surface area contributed by atoms with E-state index in [9.17, 15) is 9.59 Å². The van der Waals surface area contributed by atoms with Crippen LogP contribution in [0.25, 0.3) is 0 Å². The number of rotatable bonds is 6. The molecule has 2 heterocycles. The maximum atomic E-state index is 12.5. The number of aryl methyl sites for hydroxylation is 2. The summed E-state index contributed by atoms with van der Waals surface area (Å²) in [6.07, 6.45) is 4.69. The summed E-state index contributed by atoms with van der Waals surface area (Å²) in [6, 6.07) is 9.80. The Kier molecular flexibility index (Phi) is 6.49. The average molecular weight is 383 g/mol. The van der Waals surface area contributed by atoms with Crippen molar-refractivity contribution in [1.29, 1.82) is 0 Å². The summed E-state index contributed by atoms with van der Waals surface area (Å²) < 4.78 is 1.77. The number of amides is 2. The van der Waals surface area contributed by atoms with Gasteiger partial charge in [-0.2, -0.15) is 5.10 Å². The Balaban J connectivity index is 1.43. The Morgan fingerprint density at radius 3 is 2.50 bits per heavy atom. The molecule has 1 saturated heterocycles. The number of nitrogens with zero attached hydrogens (tertiary/aromatic N) is 3. The SMILES string of the molecule is Cc1nn(C)cc1[C@@H](C)NC(=O)CC1CCN(C(=O)Cc2ccccc2)CC1. The minimum atomic E-state index is -0.0475. The van der Waals surface area contributed by atoms with Gasteiger partial charge in [0.1, 0.15) is 0 Å². The molecular weight excluding hydrogens is 352 g/mol. The van der Waals surface area contributed by atoms with Crippen LogP contribution in [0.3, 0.4) is 0 Å². The van der Waals surface area contributed by atoms with E-state index in [1.807, 2.05) is 62.3 Å². The van der Waals surface area contributed by atoms with Crippen molar-refractivity contribution in [2.75, 3.05) is 13.1 Å². The molecule has 1 aromatic carbocycles. The Morgan fingerprint density at radius 1 is 1.21 bits per heavy atom. The highest BCUT2D eigenvalue weighted by Gasteiger charge is 2.25. The zero-order chi connectivity index (χ0) is 20.1. The first-order valence-corrected chi connectivity index (χ1v) is 10.0. The van der Waals surface area contributed by atoms with Crippen LogP contribution in [0.5, 0.6) is 0 Å². The molecule has 0 radical (unpaired) electrons. The molecule has 1 aliphatic heterocycles. The van der Waals surface area contributed by atoms with Gasteiger partial charge < -0.3 is 10.2 Å². The van der Waals surface area contributed by atoms with Crippen LogP contribution >= 0.6 is 0 Å². The van der Waals surface area contributed by atoms with E-state index in [1.54, 1.807) is 4.68 Å². The molecule has 6 nitrogen and oxygen atoms in total. The van der Waals surface area contributed by atoms with Crippen LogP contribution in [0.15, 0.2) is 36.5 Å². The first-order chi connectivity index (χ1) is 13.4. The molecule has 0 bridgehead atoms. The standard InChI is InChI=1S/C22H30N4O2/c1-16(20-15-25(3)24-17(20)2)23-21(27)13-19-9-11-26(12-10-19)22(28)14-18-7-5-4-6-8-18/h4-8,15-16,19H,9-14H2,1-3H3,(H,23,27)/t16-/m1/s1. The van der Waals surface area contributed by atoms with E-state index in [2.05, 4.69) is 10.4 Å². The molecule has 1 aliphatic rings. The lowest BCUT2D eigenvalue weighted by atomic mass is 9.92. The number of carbonyl (C=O) groups is 2. The van der Waals surface area contributed by atoms with E-state index >= 15 is 0 Å². The first-order valence-electron chi connectivity index (χ1n) is 10.0. The molecular formula is C22H30N4O2. The van der Waals surface area contributed by atoms with Gasteiger partial charge in [-0.1, -0.05) is 30.3 Å². The van der Waals surface area contributed by atoms with Crippen molar-refractivity contribution in [2.45, 2.75) is 45.6 Å². The van der Waals surface area contributed by atoms with Gasteiger partial charge in [0.25, 0.3) is 0 Å². The lowest BCUT2D eigenvalue weighted by Crippen LogP contribution is -2.40. The van der Waals surface area contributed by atoms with Crippen molar-refractivity contribution in [3.05, 3.63) is 53.3 Å². The fourth-order valence-corrected chi connectivity index (χ4v) is 3.95. The summed E-state index contributed by atoms with van der Waals surface area (Å²) in [5.41, 5.74) is 3.05. The number of benzene rings is 1. The number of carbonyl (C=O) groups excluding carboxylic acids is 2. The third kappa shape index (κ3) is 5.21. The fourth-order valence-electron chi connectivity index (χ4n) is 3.95. The van der Waals surface area contributed by atoms with E-state index in [0.29, 0.717) is 18.8 Å². The van der Waals surface area contributed by atoms with E-state index < -0.39 is 0 Å². The maximum absolute atomic E-state index is 12.5. The highest BCUT2D eigenvalue weighted by atomic mass is 16.2. The summed E-state index contributed by atoms with van der Waals surface area (Å²) in [4.78, 5) is 26.9. The number of hydrogen-bond acceptors (Lipinski definition) is 3. The Morgan fingerprint density at radius 2 is 1.89 bits per heavy atom. The summed E-state index contributed by atoms with van der Waals surface area (Å²) in [6.45, 7) is 5.43. The predicted octanol–water partition coefficient (Wildman–Crippen LogP) is 2.78. The molecule has 1 aromatic heterocycles. The third-order valence-electron chi connectivity index (χ3n) is 5.53. The highest BCUT2D eigenvalue weighted by molar-refractivity contribution is 5.79. The largest absolute Gasteiger partial charge is 0.349 e. The Labute approximate surface area is 166 Å². The number of nitrogens with one attached hydrogen (secondary N) is 1. The van der Waals surface area contributed by atoms with Crippen LogP contribution in [0, 0.1) is 12.8 Å². The monoisotopic (exact) mass is 382 g/mol. The van der Waals surface area contributed by atoms with E-state index in [1.165, 1.54) is 0 Å². The third-order valence-corrected chi connectivity index (χ3v) is 5.53. The smallest absolute Gasteiger partial charge is 0.226 e. The van der Waals surface area contributed by atoms with Crippen molar-refractivity contribution in [3.8, 4) is 0 Å². The topological polar surface area (TPSA) is 67.2 Å². The molecule has 2 amide bonds. The zero-order valence-electron chi connectivity index (χ0n) is 17.0. The van der Waals surface area contributed by atoms with Crippen molar-refractivity contribution in [1.82, 2.24) is 20.0 Å². The van der Waals surface area contributed by atoms with Crippen LogP contribution in [-0.2, 0) is 23.1 Å². The van der Waals surface area contributed by atoms with Gasteiger partial charge in [-0.15, -0.1) is 0 Å². The van der Waals surface area contributed by atoms with Crippen LogP contribution in [0.4, 0.5) is 0 Å². The molecule has 1 fully saturated rings. The average Bonchev–Trinajstić information content (AvgIpc) is 3.01. The summed E-state index contributed by atoms with van der Waals surface area (Å²) in [7, 11) is 1.89. The molecule has 1 atom stereocenters. The molecule has 28 heavy (non-hydrogen) atoms. The molecule has 0 saturated carbocycles. The number of aromatic nitrogens is 2. The number of hydrogen-bond donors (Lipinski definition) is 1. The second kappa shape index (κ2) is 9.04. The van der Waals surface area contributed by atoms with Crippen LogP contribution in [-0.4, -0.2) is 39.6 Å². The quantitative estimate of drug-likeness (QED) is 0.835. The Bertz CT molecular complexity index is 807. The van der Waals surface area contributed by atoms with Gasteiger partial charge in [0.05, 0.1) is 18.2 Å². The van der Waals surface area contributed by atoms with Crippen molar-refractivity contribution >= 4 is 11.8 Å². The van der Waals surface area contributed by atoms with Gasteiger partial charge in [0, 0.05) is 38.3 Å². The van der Waals surface area contributed by atoms with Crippen molar-refractivity contribution in [2.24, 2.45) is 13.0 Å². The van der Waals surface area contributed by atoms with Gasteiger partial charge >= 0.3 is 0 Å². The minimum Gasteiger partial charge on any atom is -0.349 e. The molecule has 0 spiro atoms. The fraction of sp³-hybridized carbons (Fsp3) is 0.500. The lowest BCUT2D eigenvalue weighted by Gasteiger charge is -2.32. The molecule has 2 aromatic rings. The van der Waals surface area contributed by atoms with Crippen LogP contribution in [0.1, 0.15) is 49.0 Å². The molecule has 150 valence electrons. The van der Waals surface area contributed by atoms with Gasteiger partial charge in [-0.25, -0.2) is 0 Å². The second-order valence-electron chi connectivity index (χ2n) is 7.82.